The van der Waals surface area contributed by atoms with E-state index in [1.54, 1.807) is 0 Å². The van der Waals surface area contributed by atoms with E-state index in [4.69, 9.17) is 10.00 Å². The van der Waals surface area contributed by atoms with Gasteiger partial charge >= 0.3 is 0 Å². The van der Waals surface area contributed by atoms with Crippen molar-refractivity contribution in [2.45, 2.75) is 26.3 Å². The van der Waals surface area contributed by atoms with Crippen LogP contribution in [0.3, 0.4) is 0 Å². The van der Waals surface area contributed by atoms with Gasteiger partial charge in [0.25, 0.3) is 0 Å². The van der Waals surface area contributed by atoms with E-state index in [0.717, 1.165) is 19.8 Å². The van der Waals surface area contributed by atoms with Crippen molar-refractivity contribution in [1.82, 2.24) is 4.90 Å². The second-order valence-corrected chi connectivity index (χ2v) is 2.89. The second-order valence-electron chi connectivity index (χ2n) is 2.89. The van der Waals surface area contributed by atoms with Crippen LogP contribution < -0.4 is 0 Å². The minimum absolute atomic E-state index is 0.329. The standard InChI is InChI=1S/C9H18N2O/c1-4-12-8-7-11(3)9(2)5-6-10/h9H,4-5,7-8H2,1-3H3. The highest BCUT2D eigenvalue weighted by Crippen LogP contribution is 1.98. The summed E-state index contributed by atoms with van der Waals surface area (Å²) in [4.78, 5) is 2.14. The first-order valence-electron chi connectivity index (χ1n) is 4.37. The van der Waals surface area contributed by atoms with Crippen molar-refractivity contribution in [2.24, 2.45) is 0 Å². The third-order valence-electron chi connectivity index (χ3n) is 1.93. The lowest BCUT2D eigenvalue weighted by Gasteiger charge is -2.21. The Labute approximate surface area is 74.9 Å². The molecule has 0 saturated carbocycles. The molecule has 0 aliphatic heterocycles. The van der Waals surface area contributed by atoms with Gasteiger partial charge in [0, 0.05) is 19.2 Å². The minimum atomic E-state index is 0.329. The first-order chi connectivity index (χ1) is 5.72. The summed E-state index contributed by atoms with van der Waals surface area (Å²) in [5, 5.41) is 8.45. The highest BCUT2D eigenvalue weighted by molar-refractivity contribution is 4.78. The largest absolute Gasteiger partial charge is 0.380 e. The van der Waals surface area contributed by atoms with Crippen molar-refractivity contribution in [2.75, 3.05) is 26.8 Å². The SMILES string of the molecule is CCOCCN(C)C(C)CC#N. The summed E-state index contributed by atoms with van der Waals surface area (Å²) in [7, 11) is 2.01. The lowest BCUT2D eigenvalue weighted by Crippen LogP contribution is -2.31. The molecular formula is C9H18N2O. The third kappa shape index (κ3) is 5.11. The van der Waals surface area contributed by atoms with E-state index in [-0.39, 0.29) is 0 Å². The predicted octanol–water partition coefficient (Wildman–Crippen LogP) is 1.26. The third-order valence-corrected chi connectivity index (χ3v) is 1.93. The van der Waals surface area contributed by atoms with E-state index in [1.807, 2.05) is 14.0 Å². The first-order valence-corrected chi connectivity index (χ1v) is 4.37. The fourth-order valence-electron chi connectivity index (χ4n) is 0.861. The molecule has 70 valence electrons. The average molecular weight is 170 g/mol. The summed E-state index contributed by atoms with van der Waals surface area (Å²) < 4.78 is 5.21. The molecule has 0 aromatic carbocycles. The van der Waals surface area contributed by atoms with Crippen molar-refractivity contribution in [3.63, 3.8) is 0 Å². The van der Waals surface area contributed by atoms with Crippen LogP contribution in [-0.4, -0.2) is 37.7 Å². The van der Waals surface area contributed by atoms with E-state index >= 15 is 0 Å². The molecule has 0 heterocycles. The summed E-state index contributed by atoms with van der Waals surface area (Å²) in [6.45, 7) is 6.45. The Morgan fingerprint density at radius 1 is 1.58 bits per heavy atom. The zero-order chi connectivity index (χ0) is 9.40. The first kappa shape index (κ1) is 11.4. The average Bonchev–Trinajstić information content (AvgIpc) is 2.05. The molecule has 0 aliphatic carbocycles. The van der Waals surface area contributed by atoms with Crippen molar-refractivity contribution in [3.05, 3.63) is 0 Å². The monoisotopic (exact) mass is 170 g/mol. The van der Waals surface area contributed by atoms with Gasteiger partial charge in [-0.2, -0.15) is 5.26 Å². The summed E-state index contributed by atoms with van der Waals surface area (Å²) >= 11 is 0. The molecule has 1 atom stereocenters. The molecule has 0 aliphatic rings. The molecule has 3 nitrogen and oxygen atoms in total. The normalized spacial score (nSPS) is 12.9. The maximum absolute atomic E-state index is 8.45. The van der Waals surface area contributed by atoms with Gasteiger partial charge in [0.1, 0.15) is 0 Å². The van der Waals surface area contributed by atoms with Crippen molar-refractivity contribution >= 4 is 0 Å². The van der Waals surface area contributed by atoms with Crippen LogP contribution in [0.25, 0.3) is 0 Å². The molecule has 0 spiro atoms. The van der Waals surface area contributed by atoms with Gasteiger partial charge in [-0.15, -0.1) is 0 Å². The summed E-state index contributed by atoms with van der Waals surface area (Å²) in [6.07, 6.45) is 0.586. The van der Waals surface area contributed by atoms with Gasteiger partial charge in [0.15, 0.2) is 0 Å². The van der Waals surface area contributed by atoms with Crippen LogP contribution in [0.5, 0.6) is 0 Å². The van der Waals surface area contributed by atoms with Gasteiger partial charge in [-0.25, -0.2) is 0 Å². The van der Waals surface area contributed by atoms with Gasteiger partial charge < -0.3 is 9.64 Å². The molecule has 0 aromatic rings. The molecule has 3 heteroatoms. The van der Waals surface area contributed by atoms with Crippen LogP contribution in [0.1, 0.15) is 20.3 Å². The lowest BCUT2D eigenvalue weighted by atomic mass is 10.2. The molecule has 0 N–H and O–H groups in total. The Kier molecular flexibility index (Phi) is 6.73. The Balaban J connectivity index is 3.43. The van der Waals surface area contributed by atoms with Crippen molar-refractivity contribution < 1.29 is 4.74 Å². The quantitative estimate of drug-likeness (QED) is 0.563. The Morgan fingerprint density at radius 2 is 2.25 bits per heavy atom. The number of ether oxygens (including phenoxy) is 1. The van der Waals surface area contributed by atoms with E-state index < -0.39 is 0 Å². The maximum Gasteiger partial charge on any atom is 0.0638 e. The number of rotatable bonds is 6. The molecule has 0 aromatic heterocycles. The number of nitriles is 1. The Morgan fingerprint density at radius 3 is 2.75 bits per heavy atom. The number of nitrogens with zero attached hydrogens (tertiary/aromatic N) is 2. The molecule has 1 unspecified atom stereocenters. The van der Waals surface area contributed by atoms with E-state index in [0.29, 0.717) is 12.5 Å². The molecule has 12 heavy (non-hydrogen) atoms. The van der Waals surface area contributed by atoms with Crippen LogP contribution in [-0.2, 0) is 4.74 Å². The Bertz CT molecular complexity index is 142. The highest BCUT2D eigenvalue weighted by Gasteiger charge is 2.06. The van der Waals surface area contributed by atoms with Gasteiger partial charge in [0.2, 0.25) is 0 Å². The van der Waals surface area contributed by atoms with E-state index in [2.05, 4.69) is 17.9 Å². The van der Waals surface area contributed by atoms with Crippen molar-refractivity contribution in [1.29, 1.82) is 5.26 Å². The fourth-order valence-corrected chi connectivity index (χ4v) is 0.861. The van der Waals surface area contributed by atoms with Crippen LogP contribution in [0, 0.1) is 11.3 Å². The molecule has 0 radical (unpaired) electrons. The fraction of sp³-hybridized carbons (Fsp3) is 0.889. The second kappa shape index (κ2) is 7.08. The number of hydrogen-bond donors (Lipinski definition) is 0. The molecule has 0 fully saturated rings. The number of likely N-dealkylation sites (N-methyl/N-ethyl adjacent to an activating group) is 1. The zero-order valence-corrected chi connectivity index (χ0v) is 8.21. The van der Waals surface area contributed by atoms with Crippen LogP contribution >= 0.6 is 0 Å². The lowest BCUT2D eigenvalue weighted by molar-refractivity contribution is 0.111. The molecule has 0 saturated heterocycles. The maximum atomic E-state index is 8.45. The van der Waals surface area contributed by atoms with Gasteiger partial charge in [-0.05, 0) is 20.9 Å². The topological polar surface area (TPSA) is 36.3 Å². The Hall–Kier alpha value is -0.590. The summed E-state index contributed by atoms with van der Waals surface area (Å²) in [5.74, 6) is 0. The van der Waals surface area contributed by atoms with Crippen molar-refractivity contribution in [3.8, 4) is 6.07 Å². The minimum Gasteiger partial charge on any atom is -0.380 e. The molecule has 0 amide bonds. The van der Waals surface area contributed by atoms with Crippen LogP contribution in [0.4, 0.5) is 0 Å². The zero-order valence-electron chi connectivity index (χ0n) is 8.21. The van der Waals surface area contributed by atoms with Crippen LogP contribution in [0.2, 0.25) is 0 Å². The summed E-state index contributed by atoms with van der Waals surface area (Å²) in [6, 6.07) is 2.49. The van der Waals surface area contributed by atoms with Gasteiger partial charge in [-0.1, -0.05) is 0 Å². The predicted molar refractivity (Wildman–Crippen MR) is 48.8 cm³/mol. The molecular weight excluding hydrogens is 152 g/mol. The van der Waals surface area contributed by atoms with Gasteiger partial charge in [0.05, 0.1) is 19.1 Å². The smallest absolute Gasteiger partial charge is 0.0638 e. The molecule has 0 rings (SSSR count). The highest BCUT2D eigenvalue weighted by atomic mass is 16.5. The van der Waals surface area contributed by atoms with E-state index in [9.17, 15) is 0 Å². The number of hydrogen-bond acceptors (Lipinski definition) is 3. The van der Waals surface area contributed by atoms with E-state index in [1.165, 1.54) is 0 Å². The summed E-state index contributed by atoms with van der Waals surface area (Å²) in [5.41, 5.74) is 0. The molecule has 0 bridgehead atoms. The van der Waals surface area contributed by atoms with Gasteiger partial charge in [-0.3, -0.25) is 0 Å². The van der Waals surface area contributed by atoms with Crippen LogP contribution in [0.15, 0.2) is 0 Å².